The quantitative estimate of drug-likeness (QED) is 0.573. The zero-order valence-corrected chi connectivity index (χ0v) is 18.6. The summed E-state index contributed by atoms with van der Waals surface area (Å²) in [7, 11) is 0. The lowest BCUT2D eigenvalue weighted by Gasteiger charge is -2.25. The molecule has 1 aliphatic rings. The number of likely N-dealkylation sites (N-methyl/N-ethyl adjacent to an activating group) is 1. The van der Waals surface area contributed by atoms with E-state index in [9.17, 15) is 9.59 Å². The Morgan fingerprint density at radius 3 is 2.69 bits per heavy atom. The molecule has 0 radical (unpaired) electrons. The van der Waals surface area contributed by atoms with Crippen LogP contribution in [0.2, 0.25) is 0 Å². The number of hydrogen-bond acceptors (Lipinski definition) is 5. The first-order valence-electron chi connectivity index (χ1n) is 11.1. The van der Waals surface area contributed by atoms with E-state index in [1.165, 1.54) is 0 Å². The van der Waals surface area contributed by atoms with E-state index in [0.717, 1.165) is 29.8 Å². The van der Waals surface area contributed by atoms with Crippen LogP contribution in [-0.4, -0.2) is 61.0 Å². The fraction of sp³-hybridized carbons (Fsp3) is 0.375. The van der Waals surface area contributed by atoms with Crippen LogP contribution in [0.1, 0.15) is 41.9 Å². The zero-order valence-electron chi connectivity index (χ0n) is 18.6. The summed E-state index contributed by atoms with van der Waals surface area (Å²) in [6.07, 6.45) is 6.78. The van der Waals surface area contributed by atoms with Crippen LogP contribution < -0.4 is 0 Å². The second kappa shape index (κ2) is 9.72. The third-order valence-electron chi connectivity index (χ3n) is 5.70. The number of rotatable bonds is 7. The molecule has 3 heterocycles. The van der Waals surface area contributed by atoms with Crippen LogP contribution in [0.5, 0.6) is 0 Å². The first-order valence-corrected chi connectivity index (χ1v) is 11.1. The van der Waals surface area contributed by atoms with Gasteiger partial charge in [0.2, 0.25) is 5.91 Å². The van der Waals surface area contributed by atoms with Crippen molar-refractivity contribution in [3.63, 3.8) is 0 Å². The number of aromatic nitrogens is 4. The van der Waals surface area contributed by atoms with Gasteiger partial charge in [-0.1, -0.05) is 30.3 Å². The van der Waals surface area contributed by atoms with Crippen molar-refractivity contribution in [2.45, 2.75) is 39.8 Å². The summed E-state index contributed by atoms with van der Waals surface area (Å²) in [5.41, 5.74) is 3.14. The summed E-state index contributed by atoms with van der Waals surface area (Å²) in [6.45, 7) is 6.38. The van der Waals surface area contributed by atoms with Crippen molar-refractivity contribution < 1.29 is 9.59 Å². The van der Waals surface area contributed by atoms with Crippen molar-refractivity contribution in [2.24, 2.45) is 0 Å². The summed E-state index contributed by atoms with van der Waals surface area (Å²) >= 11 is 0. The second-order valence-corrected chi connectivity index (χ2v) is 7.86. The Balaban J connectivity index is 1.47. The molecular weight excluding hydrogens is 404 g/mol. The van der Waals surface area contributed by atoms with Gasteiger partial charge >= 0.3 is 0 Å². The van der Waals surface area contributed by atoms with Gasteiger partial charge in [0.25, 0.3) is 5.91 Å². The van der Waals surface area contributed by atoms with Gasteiger partial charge in [-0.15, -0.1) is 0 Å². The molecule has 0 unspecified atom stereocenters. The third kappa shape index (κ3) is 4.69. The molecule has 0 saturated heterocycles. The van der Waals surface area contributed by atoms with E-state index in [0.29, 0.717) is 37.4 Å². The largest absolute Gasteiger partial charge is 0.337 e. The predicted octanol–water partition coefficient (Wildman–Crippen LogP) is 2.80. The summed E-state index contributed by atoms with van der Waals surface area (Å²) in [5, 5.41) is 4.28. The molecular formula is C24H28N6O2. The second-order valence-electron chi connectivity index (χ2n) is 7.86. The van der Waals surface area contributed by atoms with Crippen molar-refractivity contribution in [2.75, 3.05) is 19.6 Å². The Hall–Kier alpha value is -3.55. The Morgan fingerprint density at radius 2 is 1.97 bits per heavy atom. The van der Waals surface area contributed by atoms with Gasteiger partial charge in [0.15, 0.2) is 5.82 Å². The van der Waals surface area contributed by atoms with Crippen LogP contribution in [0, 0.1) is 0 Å². The van der Waals surface area contributed by atoms with Gasteiger partial charge < -0.3 is 9.80 Å². The highest BCUT2D eigenvalue weighted by atomic mass is 16.2. The SMILES string of the molecule is CCN(Cc1cnn(CC)c1)C(=O)CN1CCCc2nc(-c3ccccc3)ncc2C1=O. The molecule has 0 fully saturated rings. The predicted molar refractivity (Wildman–Crippen MR) is 121 cm³/mol. The lowest BCUT2D eigenvalue weighted by Crippen LogP contribution is -2.42. The number of aryl methyl sites for hydroxylation is 2. The van der Waals surface area contributed by atoms with Crippen LogP contribution in [0.25, 0.3) is 11.4 Å². The maximum Gasteiger partial charge on any atom is 0.257 e. The minimum atomic E-state index is -0.180. The van der Waals surface area contributed by atoms with E-state index in [1.54, 1.807) is 22.2 Å². The van der Waals surface area contributed by atoms with Gasteiger partial charge in [0.1, 0.15) is 6.54 Å². The molecule has 0 bridgehead atoms. The van der Waals surface area contributed by atoms with Crippen LogP contribution in [0.15, 0.2) is 48.9 Å². The maximum atomic E-state index is 13.2. The lowest BCUT2D eigenvalue weighted by atomic mass is 10.1. The van der Waals surface area contributed by atoms with Gasteiger partial charge in [-0.05, 0) is 26.7 Å². The van der Waals surface area contributed by atoms with Gasteiger partial charge in [-0.2, -0.15) is 5.10 Å². The molecule has 8 nitrogen and oxygen atoms in total. The molecule has 2 amide bonds. The molecule has 0 atom stereocenters. The smallest absolute Gasteiger partial charge is 0.257 e. The van der Waals surface area contributed by atoms with Gasteiger partial charge in [-0.25, -0.2) is 9.97 Å². The molecule has 0 spiro atoms. The number of hydrogen-bond donors (Lipinski definition) is 0. The molecule has 166 valence electrons. The van der Waals surface area contributed by atoms with E-state index in [-0.39, 0.29) is 18.4 Å². The summed E-state index contributed by atoms with van der Waals surface area (Å²) in [4.78, 5) is 38.7. The molecule has 1 aromatic carbocycles. The Bertz CT molecular complexity index is 1090. The first-order chi connectivity index (χ1) is 15.6. The summed E-state index contributed by atoms with van der Waals surface area (Å²) in [5.74, 6) is 0.363. The van der Waals surface area contributed by atoms with Gasteiger partial charge in [0, 0.05) is 49.7 Å². The van der Waals surface area contributed by atoms with E-state index in [1.807, 2.05) is 55.1 Å². The average molecular weight is 433 g/mol. The van der Waals surface area contributed by atoms with Crippen LogP contribution in [0.3, 0.4) is 0 Å². The summed E-state index contributed by atoms with van der Waals surface area (Å²) < 4.78 is 1.84. The van der Waals surface area contributed by atoms with Crippen LogP contribution in [0.4, 0.5) is 0 Å². The fourth-order valence-corrected chi connectivity index (χ4v) is 3.89. The number of amides is 2. The van der Waals surface area contributed by atoms with Crippen molar-refractivity contribution in [3.8, 4) is 11.4 Å². The normalized spacial score (nSPS) is 13.6. The van der Waals surface area contributed by atoms with E-state index >= 15 is 0 Å². The monoisotopic (exact) mass is 432 g/mol. The third-order valence-corrected chi connectivity index (χ3v) is 5.70. The fourth-order valence-electron chi connectivity index (χ4n) is 3.89. The van der Waals surface area contributed by atoms with E-state index in [4.69, 9.17) is 0 Å². The Kier molecular flexibility index (Phi) is 6.58. The minimum Gasteiger partial charge on any atom is -0.337 e. The van der Waals surface area contributed by atoms with Crippen LogP contribution in [-0.2, 0) is 24.3 Å². The number of benzene rings is 1. The molecule has 32 heavy (non-hydrogen) atoms. The standard InChI is InChI=1S/C24H28N6O2/c1-3-28(15-18-13-26-30(4-2)16-18)22(31)17-29-12-8-11-21-20(24(29)32)14-25-23(27-21)19-9-6-5-7-10-19/h5-7,9-10,13-14,16H,3-4,8,11-12,15,17H2,1-2H3. The van der Waals surface area contributed by atoms with Gasteiger partial charge in [-0.3, -0.25) is 14.3 Å². The molecule has 0 aliphatic carbocycles. The van der Waals surface area contributed by atoms with Crippen molar-refractivity contribution >= 4 is 11.8 Å². The maximum absolute atomic E-state index is 13.2. The Labute approximate surface area is 187 Å². The molecule has 0 N–H and O–H groups in total. The minimum absolute atomic E-state index is 0.0501. The topological polar surface area (TPSA) is 84.2 Å². The van der Waals surface area contributed by atoms with Crippen molar-refractivity contribution in [3.05, 3.63) is 65.7 Å². The molecule has 2 aromatic heterocycles. The van der Waals surface area contributed by atoms with Crippen molar-refractivity contribution in [1.29, 1.82) is 0 Å². The molecule has 0 saturated carbocycles. The number of fused-ring (bicyclic) bond motifs is 1. The first kappa shape index (κ1) is 21.7. The number of carbonyl (C=O) groups is 2. The molecule has 8 heteroatoms. The molecule has 4 rings (SSSR count). The molecule has 3 aromatic rings. The van der Waals surface area contributed by atoms with E-state index < -0.39 is 0 Å². The number of carbonyl (C=O) groups excluding carboxylic acids is 2. The van der Waals surface area contributed by atoms with Crippen LogP contribution >= 0.6 is 0 Å². The van der Waals surface area contributed by atoms with E-state index in [2.05, 4.69) is 15.1 Å². The zero-order chi connectivity index (χ0) is 22.5. The number of nitrogens with zero attached hydrogens (tertiary/aromatic N) is 6. The molecule has 1 aliphatic heterocycles. The lowest BCUT2D eigenvalue weighted by molar-refractivity contribution is -0.132. The Morgan fingerprint density at radius 1 is 1.16 bits per heavy atom. The van der Waals surface area contributed by atoms with Gasteiger partial charge in [0.05, 0.1) is 17.5 Å². The van der Waals surface area contributed by atoms with Crippen molar-refractivity contribution in [1.82, 2.24) is 29.5 Å². The highest BCUT2D eigenvalue weighted by Gasteiger charge is 2.27. The highest BCUT2D eigenvalue weighted by molar-refractivity contribution is 5.97. The summed E-state index contributed by atoms with van der Waals surface area (Å²) in [6, 6.07) is 9.73. The highest BCUT2D eigenvalue weighted by Crippen LogP contribution is 2.21. The average Bonchev–Trinajstić information content (AvgIpc) is 3.23.